The van der Waals surface area contributed by atoms with Crippen molar-refractivity contribution in [2.75, 3.05) is 26.2 Å². The molecule has 0 aliphatic carbocycles. The fourth-order valence-electron chi connectivity index (χ4n) is 2.42. The zero-order chi connectivity index (χ0) is 14.9. The zero-order valence-electron chi connectivity index (χ0n) is 11.8. The van der Waals surface area contributed by atoms with Gasteiger partial charge in [-0.15, -0.1) is 24.8 Å². The molecule has 0 spiro atoms. The van der Waals surface area contributed by atoms with Crippen LogP contribution in [-0.4, -0.2) is 36.2 Å². The van der Waals surface area contributed by atoms with Crippen LogP contribution in [-0.2, 0) is 6.18 Å². The van der Waals surface area contributed by atoms with E-state index in [0.29, 0.717) is 10.0 Å². The number of phenols is 1. The van der Waals surface area contributed by atoms with Crippen LogP contribution in [0.1, 0.15) is 24.1 Å². The van der Waals surface area contributed by atoms with E-state index in [4.69, 9.17) is 0 Å². The van der Waals surface area contributed by atoms with Gasteiger partial charge >= 0.3 is 6.18 Å². The Kier molecular flexibility index (Phi) is 8.51. The SMILES string of the molecule is C[C@@H](c1cc(Br)cc(C(F)(F)F)c1O)N1CCNCC1.Cl.Cl. The average Bonchev–Trinajstić information content (AvgIpc) is 2.40. The van der Waals surface area contributed by atoms with Gasteiger partial charge in [0, 0.05) is 42.3 Å². The van der Waals surface area contributed by atoms with Gasteiger partial charge in [-0.3, -0.25) is 4.90 Å². The highest BCUT2D eigenvalue weighted by Crippen LogP contribution is 2.42. The molecule has 1 aromatic rings. The number of phenolic OH excluding ortho intramolecular Hbond substituents is 1. The molecule has 0 radical (unpaired) electrons. The summed E-state index contributed by atoms with van der Waals surface area (Å²) in [5.74, 6) is -0.674. The van der Waals surface area contributed by atoms with Gasteiger partial charge in [0.25, 0.3) is 0 Å². The van der Waals surface area contributed by atoms with E-state index >= 15 is 0 Å². The smallest absolute Gasteiger partial charge is 0.420 e. The van der Waals surface area contributed by atoms with Crippen LogP contribution in [0.2, 0.25) is 0 Å². The molecular formula is C13H18BrCl2F3N2O. The van der Waals surface area contributed by atoms with E-state index in [1.165, 1.54) is 0 Å². The molecule has 2 N–H and O–H groups in total. The number of piperazine rings is 1. The number of benzene rings is 1. The number of hydrogen-bond acceptors (Lipinski definition) is 3. The first-order valence-electron chi connectivity index (χ1n) is 6.35. The predicted molar refractivity (Wildman–Crippen MR) is 88.2 cm³/mol. The minimum atomic E-state index is -4.56. The van der Waals surface area contributed by atoms with Gasteiger partial charge in [-0.2, -0.15) is 13.2 Å². The molecule has 0 bridgehead atoms. The van der Waals surface area contributed by atoms with E-state index in [2.05, 4.69) is 26.1 Å². The average molecular weight is 426 g/mol. The maximum Gasteiger partial charge on any atom is 0.420 e. The molecule has 0 amide bonds. The lowest BCUT2D eigenvalue weighted by Gasteiger charge is -2.33. The van der Waals surface area contributed by atoms with Crippen LogP contribution in [0.4, 0.5) is 13.2 Å². The van der Waals surface area contributed by atoms with Crippen molar-refractivity contribution < 1.29 is 18.3 Å². The maximum atomic E-state index is 12.9. The van der Waals surface area contributed by atoms with Gasteiger partial charge in [-0.1, -0.05) is 15.9 Å². The summed E-state index contributed by atoms with van der Waals surface area (Å²) in [4.78, 5) is 2.05. The predicted octanol–water partition coefficient (Wildman–Crippen LogP) is 3.98. The quantitative estimate of drug-likeness (QED) is 0.752. The second kappa shape index (κ2) is 8.59. The van der Waals surface area contributed by atoms with Crippen molar-refractivity contribution in [3.63, 3.8) is 0 Å². The lowest BCUT2D eigenvalue weighted by atomic mass is 10.0. The van der Waals surface area contributed by atoms with Crippen molar-refractivity contribution >= 4 is 40.7 Å². The summed E-state index contributed by atoms with van der Waals surface area (Å²) >= 11 is 3.09. The lowest BCUT2D eigenvalue weighted by Crippen LogP contribution is -2.44. The summed E-state index contributed by atoms with van der Waals surface area (Å²) in [5, 5.41) is 13.2. The standard InChI is InChI=1S/C13H16BrF3N2O.2ClH/c1-8(19-4-2-18-3-5-19)10-6-9(14)7-11(12(10)20)13(15,16)17;;/h6-8,18,20H,2-5H2,1H3;2*1H/t8-;;/m0../s1. The van der Waals surface area contributed by atoms with Crippen LogP contribution < -0.4 is 5.32 Å². The van der Waals surface area contributed by atoms with Gasteiger partial charge in [0.2, 0.25) is 0 Å². The molecule has 0 saturated carbocycles. The van der Waals surface area contributed by atoms with Crippen molar-refractivity contribution in [2.45, 2.75) is 19.1 Å². The summed E-state index contributed by atoms with van der Waals surface area (Å²) in [5.41, 5.74) is -0.697. The molecule has 1 fully saturated rings. The van der Waals surface area contributed by atoms with Crippen LogP contribution >= 0.6 is 40.7 Å². The van der Waals surface area contributed by atoms with Crippen molar-refractivity contribution in [3.8, 4) is 5.75 Å². The second-order valence-corrected chi connectivity index (χ2v) is 5.77. The van der Waals surface area contributed by atoms with Gasteiger partial charge in [-0.25, -0.2) is 0 Å². The summed E-state index contributed by atoms with van der Waals surface area (Å²) in [6.07, 6.45) is -4.56. The number of nitrogens with zero attached hydrogens (tertiary/aromatic N) is 1. The Morgan fingerprint density at radius 3 is 2.27 bits per heavy atom. The minimum absolute atomic E-state index is 0. The van der Waals surface area contributed by atoms with Crippen molar-refractivity contribution in [2.24, 2.45) is 0 Å². The number of alkyl halides is 3. The number of nitrogens with one attached hydrogen (secondary N) is 1. The van der Waals surface area contributed by atoms with Crippen LogP contribution in [0.25, 0.3) is 0 Å². The Morgan fingerprint density at radius 1 is 1.23 bits per heavy atom. The first-order chi connectivity index (χ1) is 9.30. The zero-order valence-corrected chi connectivity index (χ0v) is 15.0. The fraction of sp³-hybridized carbons (Fsp3) is 0.538. The molecule has 1 aromatic carbocycles. The molecule has 1 heterocycles. The van der Waals surface area contributed by atoms with E-state index in [0.717, 1.165) is 32.2 Å². The van der Waals surface area contributed by atoms with Crippen molar-refractivity contribution in [1.82, 2.24) is 10.2 Å². The van der Waals surface area contributed by atoms with E-state index in [9.17, 15) is 18.3 Å². The third kappa shape index (κ3) is 4.89. The fourth-order valence-corrected chi connectivity index (χ4v) is 2.90. The Bertz CT molecular complexity index is 497. The number of halogens is 6. The molecule has 0 unspecified atom stereocenters. The van der Waals surface area contributed by atoms with Crippen LogP contribution in [0, 0.1) is 0 Å². The highest BCUT2D eigenvalue weighted by molar-refractivity contribution is 9.10. The largest absolute Gasteiger partial charge is 0.507 e. The monoisotopic (exact) mass is 424 g/mol. The Labute approximate surface area is 148 Å². The molecule has 22 heavy (non-hydrogen) atoms. The molecule has 2 rings (SSSR count). The molecule has 128 valence electrons. The molecule has 9 heteroatoms. The number of aromatic hydroxyl groups is 1. The van der Waals surface area contributed by atoms with E-state index < -0.39 is 17.5 Å². The van der Waals surface area contributed by atoms with Gasteiger partial charge in [0.1, 0.15) is 5.75 Å². The summed E-state index contributed by atoms with van der Waals surface area (Å²) in [7, 11) is 0. The molecule has 1 aliphatic heterocycles. The van der Waals surface area contributed by atoms with Crippen molar-refractivity contribution in [1.29, 1.82) is 0 Å². The van der Waals surface area contributed by atoms with Gasteiger partial charge in [0.05, 0.1) is 5.56 Å². The summed E-state index contributed by atoms with van der Waals surface area (Å²) in [6.45, 7) is 4.90. The molecule has 0 aromatic heterocycles. The number of rotatable bonds is 2. The summed E-state index contributed by atoms with van der Waals surface area (Å²) in [6, 6.07) is 2.19. The van der Waals surface area contributed by atoms with Crippen LogP contribution in [0.15, 0.2) is 16.6 Å². The second-order valence-electron chi connectivity index (χ2n) is 4.85. The topological polar surface area (TPSA) is 35.5 Å². The van der Waals surface area contributed by atoms with Crippen LogP contribution in [0.5, 0.6) is 5.75 Å². The molecule has 3 nitrogen and oxygen atoms in total. The summed E-state index contributed by atoms with van der Waals surface area (Å²) < 4.78 is 39.0. The minimum Gasteiger partial charge on any atom is -0.507 e. The highest BCUT2D eigenvalue weighted by atomic mass is 79.9. The molecule has 1 atom stereocenters. The first-order valence-corrected chi connectivity index (χ1v) is 7.14. The number of hydrogen-bond donors (Lipinski definition) is 2. The van der Waals surface area contributed by atoms with Gasteiger partial charge in [-0.05, 0) is 19.1 Å². The normalized spacial score (nSPS) is 17.3. The third-order valence-corrected chi connectivity index (χ3v) is 4.02. The lowest BCUT2D eigenvalue weighted by molar-refractivity contribution is -0.138. The first kappa shape index (κ1) is 21.8. The molecular weight excluding hydrogens is 408 g/mol. The highest BCUT2D eigenvalue weighted by Gasteiger charge is 2.36. The Morgan fingerprint density at radius 2 is 1.77 bits per heavy atom. The van der Waals surface area contributed by atoms with E-state index in [1.54, 1.807) is 6.07 Å². The van der Waals surface area contributed by atoms with Gasteiger partial charge < -0.3 is 10.4 Å². The Balaban J connectivity index is 0.00000220. The Hall–Kier alpha value is -0.210. The molecule has 1 saturated heterocycles. The van der Waals surface area contributed by atoms with Gasteiger partial charge in [0.15, 0.2) is 0 Å². The molecule has 1 aliphatic rings. The maximum absolute atomic E-state index is 12.9. The van der Waals surface area contributed by atoms with E-state index in [1.807, 2.05) is 6.92 Å². The van der Waals surface area contributed by atoms with Crippen LogP contribution in [0.3, 0.4) is 0 Å². The third-order valence-electron chi connectivity index (χ3n) is 3.56. The van der Waals surface area contributed by atoms with Crippen molar-refractivity contribution in [3.05, 3.63) is 27.7 Å². The van der Waals surface area contributed by atoms with E-state index in [-0.39, 0.29) is 30.9 Å².